The molecule has 3 aromatic rings. The standard InChI is InChI=1S/C21H17NO3/c23-12-8-9-14-19(10-12)25-18-7-3-6-17(24)21(18)20(14)15-11-22-16-5-2-1-4-13(15)16/h1-2,4-5,8-11,20,22-23H,3,6-7H2. The second-order valence-electron chi connectivity index (χ2n) is 6.66. The molecule has 0 radical (unpaired) electrons. The highest BCUT2D eigenvalue weighted by molar-refractivity contribution is 6.01. The molecule has 0 fully saturated rings. The van der Waals surface area contributed by atoms with Crippen LogP contribution in [0.2, 0.25) is 0 Å². The number of rotatable bonds is 1. The first kappa shape index (κ1) is 14.3. The van der Waals surface area contributed by atoms with Crippen LogP contribution in [0, 0.1) is 0 Å². The van der Waals surface area contributed by atoms with E-state index in [9.17, 15) is 9.90 Å². The number of phenolic OH excluding ortho intramolecular Hbond substituents is 1. The van der Waals surface area contributed by atoms with E-state index in [-0.39, 0.29) is 17.5 Å². The molecule has 124 valence electrons. The summed E-state index contributed by atoms with van der Waals surface area (Å²) in [5.41, 5.74) is 3.83. The molecule has 2 N–H and O–H groups in total. The Balaban J connectivity index is 1.80. The molecule has 2 heterocycles. The fraction of sp³-hybridized carbons (Fsp3) is 0.190. The van der Waals surface area contributed by atoms with Crippen molar-refractivity contribution in [3.05, 3.63) is 71.1 Å². The molecule has 2 aromatic carbocycles. The summed E-state index contributed by atoms with van der Waals surface area (Å²) in [5.74, 6) is 1.56. The Kier molecular flexibility index (Phi) is 3.01. The number of nitrogens with one attached hydrogen (secondary N) is 1. The van der Waals surface area contributed by atoms with Crippen LogP contribution in [-0.2, 0) is 4.79 Å². The number of aromatic nitrogens is 1. The Hall–Kier alpha value is -3.01. The monoisotopic (exact) mass is 331 g/mol. The smallest absolute Gasteiger partial charge is 0.163 e. The van der Waals surface area contributed by atoms with Crippen LogP contribution in [0.1, 0.15) is 36.3 Å². The van der Waals surface area contributed by atoms with Crippen LogP contribution in [-0.4, -0.2) is 15.9 Å². The van der Waals surface area contributed by atoms with Crippen LogP contribution in [0.15, 0.2) is 60.0 Å². The van der Waals surface area contributed by atoms with Crippen molar-refractivity contribution in [3.8, 4) is 11.5 Å². The minimum absolute atomic E-state index is 0.162. The van der Waals surface area contributed by atoms with Crippen LogP contribution >= 0.6 is 0 Å². The highest BCUT2D eigenvalue weighted by atomic mass is 16.5. The van der Waals surface area contributed by atoms with Gasteiger partial charge in [-0.3, -0.25) is 4.79 Å². The zero-order valence-electron chi connectivity index (χ0n) is 13.6. The first-order valence-electron chi connectivity index (χ1n) is 8.55. The van der Waals surface area contributed by atoms with Gasteiger partial charge in [0.2, 0.25) is 0 Å². The zero-order chi connectivity index (χ0) is 17.0. The van der Waals surface area contributed by atoms with Crippen LogP contribution < -0.4 is 4.74 Å². The number of aromatic amines is 1. The summed E-state index contributed by atoms with van der Waals surface area (Å²) in [4.78, 5) is 16.1. The fourth-order valence-electron chi connectivity index (χ4n) is 4.06. The largest absolute Gasteiger partial charge is 0.508 e. The van der Waals surface area contributed by atoms with E-state index in [1.807, 2.05) is 30.5 Å². The van der Waals surface area contributed by atoms with Crippen molar-refractivity contribution in [2.45, 2.75) is 25.2 Å². The number of benzene rings is 2. The van der Waals surface area contributed by atoms with Crippen LogP contribution in [0.4, 0.5) is 0 Å². The summed E-state index contributed by atoms with van der Waals surface area (Å²) in [6, 6.07) is 13.3. The summed E-state index contributed by atoms with van der Waals surface area (Å²) in [6.45, 7) is 0. The van der Waals surface area contributed by atoms with E-state index >= 15 is 0 Å². The first-order valence-corrected chi connectivity index (χ1v) is 8.55. The van der Waals surface area contributed by atoms with Crippen molar-refractivity contribution in [1.29, 1.82) is 0 Å². The van der Waals surface area contributed by atoms with Crippen LogP contribution in [0.25, 0.3) is 10.9 Å². The Bertz CT molecular complexity index is 1040. The molecule has 0 spiro atoms. The normalized spacial score (nSPS) is 19.5. The van der Waals surface area contributed by atoms with E-state index < -0.39 is 0 Å². The number of carbonyl (C=O) groups excluding carboxylic acids is 1. The average Bonchev–Trinajstić information content (AvgIpc) is 3.04. The number of hydrogen-bond donors (Lipinski definition) is 2. The van der Waals surface area contributed by atoms with E-state index in [0.29, 0.717) is 12.2 Å². The molecule has 4 nitrogen and oxygen atoms in total. The highest BCUT2D eigenvalue weighted by Crippen LogP contribution is 2.48. The second-order valence-corrected chi connectivity index (χ2v) is 6.66. The third-order valence-electron chi connectivity index (χ3n) is 5.17. The van der Waals surface area contributed by atoms with Crippen molar-refractivity contribution in [3.63, 3.8) is 0 Å². The van der Waals surface area contributed by atoms with Gasteiger partial charge >= 0.3 is 0 Å². The maximum Gasteiger partial charge on any atom is 0.163 e. The molecule has 4 heteroatoms. The lowest BCUT2D eigenvalue weighted by molar-refractivity contribution is -0.116. The molecule has 1 unspecified atom stereocenters. The quantitative estimate of drug-likeness (QED) is 0.694. The minimum atomic E-state index is -0.164. The maximum absolute atomic E-state index is 12.7. The minimum Gasteiger partial charge on any atom is -0.508 e. The van der Waals surface area contributed by atoms with Gasteiger partial charge in [-0.25, -0.2) is 0 Å². The lowest BCUT2D eigenvalue weighted by Crippen LogP contribution is -2.25. The van der Waals surface area contributed by atoms with E-state index in [1.54, 1.807) is 12.1 Å². The lowest BCUT2D eigenvalue weighted by atomic mass is 9.77. The number of fused-ring (bicyclic) bond motifs is 2. The number of para-hydroxylation sites is 1. The third kappa shape index (κ3) is 2.10. The second kappa shape index (κ2) is 5.24. The van der Waals surface area contributed by atoms with Crippen molar-refractivity contribution in [1.82, 2.24) is 4.98 Å². The Morgan fingerprint density at radius 3 is 2.88 bits per heavy atom. The average molecular weight is 331 g/mol. The van der Waals surface area contributed by atoms with Gasteiger partial charge in [0, 0.05) is 53.1 Å². The van der Waals surface area contributed by atoms with Crippen molar-refractivity contribution < 1.29 is 14.6 Å². The number of carbonyl (C=O) groups is 1. The lowest BCUT2D eigenvalue weighted by Gasteiger charge is -2.32. The van der Waals surface area contributed by atoms with Gasteiger partial charge in [-0.1, -0.05) is 24.3 Å². The predicted molar refractivity (Wildman–Crippen MR) is 94.8 cm³/mol. The van der Waals surface area contributed by atoms with Gasteiger partial charge in [-0.05, 0) is 24.1 Å². The highest BCUT2D eigenvalue weighted by Gasteiger charge is 2.37. The Morgan fingerprint density at radius 2 is 1.96 bits per heavy atom. The zero-order valence-corrected chi connectivity index (χ0v) is 13.6. The number of ether oxygens (including phenoxy) is 1. The molecule has 0 bridgehead atoms. The summed E-state index contributed by atoms with van der Waals surface area (Å²) in [7, 11) is 0. The van der Waals surface area contributed by atoms with E-state index in [0.717, 1.165) is 46.2 Å². The number of aromatic hydroxyl groups is 1. The molecule has 2 aliphatic rings. The molecule has 0 saturated carbocycles. The van der Waals surface area contributed by atoms with Gasteiger partial charge in [0.15, 0.2) is 5.78 Å². The third-order valence-corrected chi connectivity index (χ3v) is 5.17. The van der Waals surface area contributed by atoms with Gasteiger partial charge in [0.25, 0.3) is 0 Å². The van der Waals surface area contributed by atoms with Crippen molar-refractivity contribution in [2.75, 3.05) is 0 Å². The van der Waals surface area contributed by atoms with Crippen LogP contribution in [0.5, 0.6) is 11.5 Å². The topological polar surface area (TPSA) is 62.3 Å². The molecule has 0 saturated heterocycles. The van der Waals surface area contributed by atoms with Gasteiger partial charge in [-0.15, -0.1) is 0 Å². The molecular formula is C21H17NO3. The number of Topliss-reactive ketones (excluding diaryl/α,β-unsaturated/α-hetero) is 1. The predicted octanol–water partition coefficient (Wildman–Crippen LogP) is 4.40. The summed E-state index contributed by atoms with van der Waals surface area (Å²) in [6.07, 6.45) is 4.12. The molecule has 1 atom stereocenters. The number of H-pyrrole nitrogens is 1. The van der Waals surface area contributed by atoms with Gasteiger partial charge in [0.05, 0.1) is 0 Å². The molecule has 1 aromatic heterocycles. The molecule has 5 rings (SSSR count). The maximum atomic E-state index is 12.7. The molecule has 0 amide bonds. The van der Waals surface area contributed by atoms with Crippen molar-refractivity contribution in [2.24, 2.45) is 0 Å². The van der Waals surface area contributed by atoms with Gasteiger partial charge in [-0.2, -0.15) is 0 Å². The molecule has 1 aliphatic carbocycles. The Morgan fingerprint density at radius 1 is 1.08 bits per heavy atom. The SMILES string of the molecule is O=C1CCCC2=C1C(c1c[nH]c3ccccc13)c1ccc(O)cc1O2. The van der Waals surface area contributed by atoms with E-state index in [4.69, 9.17) is 4.74 Å². The molecule has 25 heavy (non-hydrogen) atoms. The van der Waals surface area contributed by atoms with Crippen LogP contribution in [0.3, 0.4) is 0 Å². The Labute approximate surface area is 144 Å². The number of phenols is 1. The number of hydrogen-bond acceptors (Lipinski definition) is 3. The summed E-state index contributed by atoms with van der Waals surface area (Å²) < 4.78 is 6.02. The van der Waals surface area contributed by atoms with E-state index in [1.165, 1.54) is 0 Å². The molecular weight excluding hydrogens is 314 g/mol. The van der Waals surface area contributed by atoms with Gasteiger partial charge in [0.1, 0.15) is 17.3 Å². The summed E-state index contributed by atoms with van der Waals surface area (Å²) in [5, 5.41) is 11.0. The number of allylic oxidation sites excluding steroid dienone is 2. The van der Waals surface area contributed by atoms with E-state index in [2.05, 4.69) is 11.1 Å². The molecule has 1 aliphatic heterocycles. The number of ketones is 1. The summed E-state index contributed by atoms with van der Waals surface area (Å²) >= 11 is 0. The van der Waals surface area contributed by atoms with Gasteiger partial charge < -0.3 is 14.8 Å². The fourth-order valence-corrected chi connectivity index (χ4v) is 4.06. The van der Waals surface area contributed by atoms with Crippen molar-refractivity contribution >= 4 is 16.7 Å². The first-order chi connectivity index (χ1) is 12.2.